The van der Waals surface area contributed by atoms with Crippen LogP contribution >= 0.6 is 0 Å². The second-order valence-electron chi connectivity index (χ2n) is 3.86. The summed E-state index contributed by atoms with van der Waals surface area (Å²) in [5, 5.41) is 0. The van der Waals surface area contributed by atoms with Crippen LogP contribution in [0.2, 0.25) is 0 Å². The summed E-state index contributed by atoms with van der Waals surface area (Å²) in [5.74, 6) is -0.226. The van der Waals surface area contributed by atoms with Crippen molar-refractivity contribution in [3.63, 3.8) is 0 Å². The van der Waals surface area contributed by atoms with E-state index in [1.807, 2.05) is 0 Å². The van der Waals surface area contributed by atoms with Crippen molar-refractivity contribution in [2.75, 3.05) is 19.8 Å². The van der Waals surface area contributed by atoms with Gasteiger partial charge in [-0.3, -0.25) is 9.88 Å². The lowest BCUT2D eigenvalue weighted by Crippen LogP contribution is -2.43. The van der Waals surface area contributed by atoms with Gasteiger partial charge in [0.15, 0.2) is 0 Å². The second-order valence-corrected chi connectivity index (χ2v) is 3.86. The Kier molecular flexibility index (Phi) is 3.28. The fourth-order valence-corrected chi connectivity index (χ4v) is 1.75. The molecule has 0 spiro atoms. The molecule has 1 aliphatic rings. The van der Waals surface area contributed by atoms with Gasteiger partial charge in [0.05, 0.1) is 19.4 Å². The Morgan fingerprint density at radius 2 is 2.53 bits per heavy atom. The molecule has 0 aliphatic carbocycles. The Labute approximate surface area is 88.9 Å². The molecule has 4 heteroatoms. The minimum Gasteiger partial charge on any atom is -0.379 e. The van der Waals surface area contributed by atoms with Crippen LogP contribution in [0.25, 0.3) is 0 Å². The molecule has 0 amide bonds. The topological polar surface area (TPSA) is 25.4 Å². The van der Waals surface area contributed by atoms with Crippen LogP contribution in [0.1, 0.15) is 12.5 Å². The van der Waals surface area contributed by atoms with Crippen LogP contribution in [0.15, 0.2) is 18.5 Å². The molecule has 0 bridgehead atoms. The number of hydrogen-bond acceptors (Lipinski definition) is 3. The van der Waals surface area contributed by atoms with Gasteiger partial charge in [0.1, 0.15) is 5.82 Å². The zero-order valence-electron chi connectivity index (χ0n) is 8.82. The highest BCUT2D eigenvalue weighted by atomic mass is 19.1. The predicted octanol–water partition coefficient (Wildman–Crippen LogP) is 1.44. The average molecular weight is 210 g/mol. The number of morpholine rings is 1. The van der Waals surface area contributed by atoms with E-state index in [-0.39, 0.29) is 5.82 Å². The number of aromatic nitrogens is 1. The summed E-state index contributed by atoms with van der Waals surface area (Å²) in [6.45, 7) is 5.06. The molecule has 1 atom stereocenters. The van der Waals surface area contributed by atoms with E-state index < -0.39 is 0 Å². The molecule has 15 heavy (non-hydrogen) atoms. The number of ether oxygens (including phenoxy) is 1. The first-order chi connectivity index (χ1) is 7.27. The van der Waals surface area contributed by atoms with E-state index in [4.69, 9.17) is 4.74 Å². The second kappa shape index (κ2) is 4.68. The Morgan fingerprint density at radius 3 is 3.27 bits per heavy atom. The maximum atomic E-state index is 13.4. The first-order valence-corrected chi connectivity index (χ1v) is 5.17. The number of nitrogens with zero attached hydrogens (tertiary/aromatic N) is 2. The number of hydrogen-bond donors (Lipinski definition) is 0. The van der Waals surface area contributed by atoms with Gasteiger partial charge in [-0.15, -0.1) is 0 Å². The highest BCUT2D eigenvalue weighted by molar-refractivity contribution is 5.12. The van der Waals surface area contributed by atoms with E-state index >= 15 is 0 Å². The zero-order chi connectivity index (χ0) is 10.7. The smallest absolute Gasteiger partial charge is 0.145 e. The Morgan fingerprint density at radius 1 is 1.67 bits per heavy atom. The molecule has 0 N–H and O–H groups in total. The molecule has 1 fully saturated rings. The Balaban J connectivity index is 2.04. The van der Waals surface area contributed by atoms with Crippen molar-refractivity contribution in [1.82, 2.24) is 9.88 Å². The summed E-state index contributed by atoms with van der Waals surface area (Å²) in [7, 11) is 0. The molecule has 2 rings (SSSR count). The van der Waals surface area contributed by atoms with Crippen LogP contribution in [-0.4, -0.2) is 35.7 Å². The van der Waals surface area contributed by atoms with Crippen LogP contribution in [0.5, 0.6) is 0 Å². The molecule has 1 aromatic heterocycles. The minimum atomic E-state index is -0.226. The van der Waals surface area contributed by atoms with Crippen molar-refractivity contribution < 1.29 is 9.13 Å². The molecule has 1 aliphatic heterocycles. The van der Waals surface area contributed by atoms with Crippen LogP contribution in [0.3, 0.4) is 0 Å². The quantitative estimate of drug-likeness (QED) is 0.738. The Bertz CT molecular complexity index is 332. The van der Waals surface area contributed by atoms with E-state index in [0.717, 1.165) is 19.8 Å². The SMILES string of the molecule is C[C@@H]1COCCN1Cc1ccncc1F. The standard InChI is InChI=1S/C11H15FN2O/c1-9-8-15-5-4-14(9)7-10-2-3-13-6-11(10)12/h2-3,6,9H,4-5,7-8H2,1H3/t9-/m1/s1. The molecule has 0 saturated carbocycles. The normalized spacial score (nSPS) is 22.9. The van der Waals surface area contributed by atoms with Crippen molar-refractivity contribution >= 4 is 0 Å². The summed E-state index contributed by atoms with van der Waals surface area (Å²) in [6, 6.07) is 2.09. The van der Waals surface area contributed by atoms with E-state index in [9.17, 15) is 4.39 Å². The predicted molar refractivity (Wildman–Crippen MR) is 54.9 cm³/mol. The average Bonchev–Trinajstić information content (AvgIpc) is 2.24. The fraction of sp³-hybridized carbons (Fsp3) is 0.545. The van der Waals surface area contributed by atoms with Gasteiger partial charge in [-0.05, 0) is 13.0 Å². The van der Waals surface area contributed by atoms with Gasteiger partial charge in [0.2, 0.25) is 0 Å². The molecule has 1 saturated heterocycles. The third-order valence-corrected chi connectivity index (χ3v) is 2.74. The molecule has 1 aromatic rings. The van der Waals surface area contributed by atoms with Gasteiger partial charge >= 0.3 is 0 Å². The molecule has 0 radical (unpaired) electrons. The lowest BCUT2D eigenvalue weighted by molar-refractivity contribution is -0.00481. The maximum absolute atomic E-state index is 13.4. The molecule has 2 heterocycles. The van der Waals surface area contributed by atoms with Gasteiger partial charge in [-0.2, -0.15) is 0 Å². The molecule has 82 valence electrons. The van der Waals surface area contributed by atoms with Crippen LogP contribution < -0.4 is 0 Å². The zero-order valence-corrected chi connectivity index (χ0v) is 8.82. The van der Waals surface area contributed by atoms with Gasteiger partial charge < -0.3 is 4.74 Å². The van der Waals surface area contributed by atoms with Gasteiger partial charge in [0, 0.05) is 30.9 Å². The summed E-state index contributed by atoms with van der Waals surface area (Å²) in [4.78, 5) is 5.96. The third kappa shape index (κ3) is 2.52. The van der Waals surface area contributed by atoms with Crippen molar-refractivity contribution in [2.24, 2.45) is 0 Å². The summed E-state index contributed by atoms with van der Waals surface area (Å²) in [5.41, 5.74) is 0.707. The van der Waals surface area contributed by atoms with Crippen molar-refractivity contribution in [3.05, 3.63) is 29.8 Å². The monoisotopic (exact) mass is 210 g/mol. The van der Waals surface area contributed by atoms with Crippen LogP contribution in [-0.2, 0) is 11.3 Å². The molecule has 0 aromatic carbocycles. The van der Waals surface area contributed by atoms with Crippen molar-refractivity contribution in [3.8, 4) is 0 Å². The number of rotatable bonds is 2. The van der Waals surface area contributed by atoms with Crippen molar-refractivity contribution in [2.45, 2.75) is 19.5 Å². The van der Waals surface area contributed by atoms with Crippen molar-refractivity contribution in [1.29, 1.82) is 0 Å². The van der Waals surface area contributed by atoms with E-state index in [1.165, 1.54) is 6.20 Å². The number of pyridine rings is 1. The molecule has 0 unspecified atom stereocenters. The molecular formula is C11H15FN2O. The highest BCUT2D eigenvalue weighted by Crippen LogP contribution is 2.13. The molecule has 3 nitrogen and oxygen atoms in total. The fourth-order valence-electron chi connectivity index (χ4n) is 1.75. The van der Waals surface area contributed by atoms with Crippen LogP contribution in [0, 0.1) is 5.82 Å². The third-order valence-electron chi connectivity index (χ3n) is 2.74. The van der Waals surface area contributed by atoms with E-state index in [1.54, 1.807) is 12.3 Å². The Hall–Kier alpha value is -1.00. The summed E-state index contributed by atoms with van der Waals surface area (Å²) < 4.78 is 18.7. The summed E-state index contributed by atoms with van der Waals surface area (Å²) in [6.07, 6.45) is 2.89. The summed E-state index contributed by atoms with van der Waals surface area (Å²) >= 11 is 0. The maximum Gasteiger partial charge on any atom is 0.145 e. The van der Waals surface area contributed by atoms with Gasteiger partial charge in [-0.1, -0.05) is 0 Å². The van der Waals surface area contributed by atoms with E-state index in [0.29, 0.717) is 18.2 Å². The van der Waals surface area contributed by atoms with Crippen LogP contribution in [0.4, 0.5) is 4.39 Å². The highest BCUT2D eigenvalue weighted by Gasteiger charge is 2.19. The van der Waals surface area contributed by atoms with Gasteiger partial charge in [-0.25, -0.2) is 4.39 Å². The minimum absolute atomic E-state index is 0.226. The van der Waals surface area contributed by atoms with Gasteiger partial charge in [0.25, 0.3) is 0 Å². The first-order valence-electron chi connectivity index (χ1n) is 5.17. The lowest BCUT2D eigenvalue weighted by Gasteiger charge is -2.33. The number of halogens is 1. The lowest BCUT2D eigenvalue weighted by atomic mass is 10.2. The largest absolute Gasteiger partial charge is 0.379 e. The molecular weight excluding hydrogens is 195 g/mol. The first kappa shape index (κ1) is 10.5. The van der Waals surface area contributed by atoms with E-state index in [2.05, 4.69) is 16.8 Å².